The first-order valence-electron chi connectivity index (χ1n) is 9.76. The number of aliphatic imine (C=N–C) groups is 1. The number of amides is 2. The summed E-state index contributed by atoms with van der Waals surface area (Å²) in [5.41, 5.74) is 1.98. The van der Waals surface area contributed by atoms with Crippen molar-refractivity contribution < 1.29 is 9.59 Å². The van der Waals surface area contributed by atoms with Crippen molar-refractivity contribution in [1.29, 1.82) is 0 Å². The van der Waals surface area contributed by atoms with Gasteiger partial charge in [-0.1, -0.05) is 24.3 Å². The number of likely N-dealkylation sites (tertiary alicyclic amines) is 1. The lowest BCUT2D eigenvalue weighted by Crippen LogP contribution is -2.48. The quantitative estimate of drug-likeness (QED) is 0.576. The van der Waals surface area contributed by atoms with Crippen LogP contribution in [0.2, 0.25) is 0 Å². The predicted molar refractivity (Wildman–Crippen MR) is 112 cm³/mol. The van der Waals surface area contributed by atoms with E-state index in [0.29, 0.717) is 25.5 Å². The average Bonchev–Trinajstić information content (AvgIpc) is 2.99. The number of carbonyl (C=O) groups is 2. The van der Waals surface area contributed by atoms with Crippen molar-refractivity contribution in [3.8, 4) is 0 Å². The molecule has 0 atom stereocenters. The molecule has 1 aromatic rings. The van der Waals surface area contributed by atoms with E-state index >= 15 is 0 Å². The molecule has 0 spiro atoms. The summed E-state index contributed by atoms with van der Waals surface area (Å²) in [7, 11) is 3.54. The minimum absolute atomic E-state index is 0.0461. The molecule has 2 N–H and O–H groups in total. The second kappa shape index (κ2) is 9.57. The number of hydrogen-bond acceptors (Lipinski definition) is 3. The smallest absolute Gasteiger partial charge is 0.240 e. The largest absolute Gasteiger partial charge is 0.352 e. The third-order valence-corrected chi connectivity index (χ3v) is 4.46. The zero-order chi connectivity index (χ0) is 20.7. The van der Waals surface area contributed by atoms with Crippen LogP contribution in [0.25, 0.3) is 0 Å². The molecule has 0 saturated carbocycles. The molecular formula is C21H33N5O2. The molecule has 154 valence electrons. The Morgan fingerprint density at radius 2 is 2.00 bits per heavy atom. The summed E-state index contributed by atoms with van der Waals surface area (Å²) < 4.78 is 0. The van der Waals surface area contributed by atoms with Gasteiger partial charge in [-0.05, 0) is 38.3 Å². The van der Waals surface area contributed by atoms with Crippen LogP contribution >= 0.6 is 0 Å². The lowest BCUT2D eigenvalue weighted by atomic mass is 10.1. The monoisotopic (exact) mass is 387 g/mol. The summed E-state index contributed by atoms with van der Waals surface area (Å²) in [6.45, 7) is 8.21. The van der Waals surface area contributed by atoms with Gasteiger partial charge >= 0.3 is 0 Å². The minimum atomic E-state index is -0.258. The Hall–Kier alpha value is -2.57. The molecule has 1 aliphatic heterocycles. The van der Waals surface area contributed by atoms with Gasteiger partial charge in [0.25, 0.3) is 0 Å². The van der Waals surface area contributed by atoms with Gasteiger partial charge in [-0.2, -0.15) is 0 Å². The maximum Gasteiger partial charge on any atom is 0.240 e. The van der Waals surface area contributed by atoms with Gasteiger partial charge in [0.05, 0.1) is 6.54 Å². The summed E-state index contributed by atoms with van der Waals surface area (Å²) in [5.74, 6) is 0.846. The third-order valence-electron chi connectivity index (χ3n) is 4.46. The number of hydrogen-bond donors (Lipinski definition) is 2. The second-order valence-electron chi connectivity index (χ2n) is 8.29. The maximum absolute atomic E-state index is 12.1. The number of nitrogens with one attached hydrogen (secondary N) is 2. The van der Waals surface area contributed by atoms with Gasteiger partial charge in [-0.3, -0.25) is 14.6 Å². The van der Waals surface area contributed by atoms with E-state index in [9.17, 15) is 9.59 Å². The molecule has 0 radical (unpaired) electrons. The Balaban J connectivity index is 1.89. The van der Waals surface area contributed by atoms with Crippen molar-refractivity contribution in [2.45, 2.75) is 52.2 Å². The first-order chi connectivity index (χ1) is 13.2. The number of benzene rings is 1. The molecule has 1 heterocycles. The standard InChI is InChI=1S/C21H33N5O2/c1-21(2,3)24-18(27)15-25(5)20(22-4)23-13-16-8-6-9-17(12-16)14-26-11-7-10-19(26)28/h6,8-9,12H,7,10-11,13-15H2,1-5H3,(H,22,23)(H,24,27). The van der Waals surface area contributed by atoms with Gasteiger partial charge in [0, 0.05) is 45.7 Å². The van der Waals surface area contributed by atoms with Crippen molar-refractivity contribution in [3.05, 3.63) is 35.4 Å². The van der Waals surface area contributed by atoms with Gasteiger partial charge in [0.2, 0.25) is 11.8 Å². The lowest BCUT2D eigenvalue weighted by Gasteiger charge is -2.25. The highest BCUT2D eigenvalue weighted by molar-refractivity contribution is 5.86. The molecule has 1 aliphatic rings. The normalized spacial score (nSPS) is 15.0. The van der Waals surface area contributed by atoms with Crippen molar-refractivity contribution in [1.82, 2.24) is 20.4 Å². The highest BCUT2D eigenvalue weighted by Gasteiger charge is 2.20. The van der Waals surface area contributed by atoms with E-state index in [1.54, 1.807) is 11.9 Å². The minimum Gasteiger partial charge on any atom is -0.352 e. The van der Waals surface area contributed by atoms with Gasteiger partial charge in [0.15, 0.2) is 5.96 Å². The van der Waals surface area contributed by atoms with E-state index in [0.717, 1.165) is 24.1 Å². The first kappa shape index (κ1) is 21.7. The molecule has 0 bridgehead atoms. The zero-order valence-corrected chi connectivity index (χ0v) is 17.7. The van der Waals surface area contributed by atoms with Crippen LogP contribution < -0.4 is 10.6 Å². The van der Waals surface area contributed by atoms with Crippen LogP contribution in [0.5, 0.6) is 0 Å². The summed E-state index contributed by atoms with van der Waals surface area (Å²) in [6, 6.07) is 8.21. The molecule has 2 amide bonds. The van der Waals surface area contributed by atoms with E-state index < -0.39 is 0 Å². The Morgan fingerprint density at radius 1 is 1.29 bits per heavy atom. The fourth-order valence-electron chi connectivity index (χ4n) is 3.24. The fraction of sp³-hybridized carbons (Fsp3) is 0.571. The fourth-order valence-corrected chi connectivity index (χ4v) is 3.24. The molecular weight excluding hydrogens is 354 g/mol. The topological polar surface area (TPSA) is 77.0 Å². The van der Waals surface area contributed by atoms with Crippen molar-refractivity contribution in [2.24, 2.45) is 4.99 Å². The average molecular weight is 388 g/mol. The highest BCUT2D eigenvalue weighted by Crippen LogP contribution is 2.15. The van der Waals surface area contributed by atoms with Crippen LogP contribution in [0.4, 0.5) is 0 Å². The van der Waals surface area contributed by atoms with Crippen LogP contribution in [0.3, 0.4) is 0 Å². The van der Waals surface area contributed by atoms with Crippen LogP contribution in [0.15, 0.2) is 29.3 Å². The summed E-state index contributed by atoms with van der Waals surface area (Å²) in [6.07, 6.45) is 1.61. The van der Waals surface area contributed by atoms with E-state index in [4.69, 9.17) is 0 Å². The Kier molecular flexibility index (Phi) is 7.43. The van der Waals surface area contributed by atoms with Crippen LogP contribution in [-0.4, -0.2) is 60.3 Å². The molecule has 0 unspecified atom stereocenters. The van der Waals surface area contributed by atoms with E-state index in [-0.39, 0.29) is 23.9 Å². The molecule has 28 heavy (non-hydrogen) atoms. The van der Waals surface area contributed by atoms with E-state index in [2.05, 4.69) is 21.7 Å². The Bertz CT molecular complexity index is 724. The molecule has 7 nitrogen and oxygen atoms in total. The van der Waals surface area contributed by atoms with Crippen LogP contribution in [0.1, 0.15) is 44.7 Å². The summed E-state index contributed by atoms with van der Waals surface area (Å²) in [5, 5.41) is 6.25. The molecule has 1 aromatic carbocycles. The van der Waals surface area contributed by atoms with Gasteiger partial charge in [-0.25, -0.2) is 0 Å². The van der Waals surface area contributed by atoms with Gasteiger partial charge in [-0.15, -0.1) is 0 Å². The van der Waals surface area contributed by atoms with E-state index in [1.165, 1.54) is 0 Å². The summed E-state index contributed by atoms with van der Waals surface area (Å²) >= 11 is 0. The van der Waals surface area contributed by atoms with Crippen molar-refractivity contribution >= 4 is 17.8 Å². The number of rotatable bonds is 6. The van der Waals surface area contributed by atoms with Crippen molar-refractivity contribution in [2.75, 3.05) is 27.2 Å². The third kappa shape index (κ3) is 6.87. The van der Waals surface area contributed by atoms with Gasteiger partial charge < -0.3 is 20.4 Å². The van der Waals surface area contributed by atoms with E-state index in [1.807, 2.05) is 50.9 Å². The number of guanidine groups is 1. The molecule has 1 saturated heterocycles. The summed E-state index contributed by atoms with van der Waals surface area (Å²) in [4.78, 5) is 31.9. The molecule has 1 fully saturated rings. The molecule has 0 aromatic heterocycles. The number of carbonyl (C=O) groups excluding carboxylic acids is 2. The second-order valence-corrected chi connectivity index (χ2v) is 8.29. The Labute approximate surface area is 168 Å². The Morgan fingerprint density at radius 3 is 2.61 bits per heavy atom. The lowest BCUT2D eigenvalue weighted by molar-refractivity contribution is -0.128. The molecule has 0 aliphatic carbocycles. The van der Waals surface area contributed by atoms with Crippen molar-refractivity contribution in [3.63, 3.8) is 0 Å². The first-order valence-corrected chi connectivity index (χ1v) is 9.76. The molecule has 7 heteroatoms. The number of likely N-dealkylation sites (N-methyl/N-ethyl adjacent to an activating group) is 1. The number of nitrogens with zero attached hydrogens (tertiary/aromatic N) is 3. The maximum atomic E-state index is 12.1. The van der Waals surface area contributed by atoms with Crippen LogP contribution in [-0.2, 0) is 22.7 Å². The predicted octanol–water partition coefficient (Wildman–Crippen LogP) is 1.73. The van der Waals surface area contributed by atoms with Gasteiger partial charge in [0.1, 0.15) is 0 Å². The molecule has 2 rings (SSSR count). The SMILES string of the molecule is CN=C(NCc1cccc(CN2CCCC2=O)c1)N(C)CC(=O)NC(C)(C)C. The highest BCUT2D eigenvalue weighted by atomic mass is 16.2. The van der Waals surface area contributed by atoms with Crippen LogP contribution in [0, 0.1) is 0 Å². The zero-order valence-electron chi connectivity index (χ0n) is 17.7.